The highest BCUT2D eigenvalue weighted by Crippen LogP contribution is 2.24. The fourth-order valence-corrected chi connectivity index (χ4v) is 1.94. The first-order valence-corrected chi connectivity index (χ1v) is 5.58. The van der Waals surface area contributed by atoms with Crippen LogP contribution in [-0.4, -0.2) is 27.7 Å². The van der Waals surface area contributed by atoms with Crippen LogP contribution in [0.2, 0.25) is 0 Å². The lowest BCUT2D eigenvalue weighted by Gasteiger charge is -2.33. The van der Waals surface area contributed by atoms with Crippen LogP contribution < -0.4 is 5.73 Å². The van der Waals surface area contributed by atoms with Crippen LogP contribution >= 0.6 is 0 Å². The third-order valence-electron chi connectivity index (χ3n) is 2.66. The molecule has 0 saturated heterocycles. The summed E-state index contributed by atoms with van der Waals surface area (Å²) in [5, 5.41) is 10.3. The molecular formula is C11H29NO3. The van der Waals surface area contributed by atoms with Gasteiger partial charge in [-0.1, -0.05) is 40.0 Å². The zero-order chi connectivity index (χ0) is 10.3. The Morgan fingerprint density at radius 2 is 1.40 bits per heavy atom. The van der Waals surface area contributed by atoms with Crippen molar-refractivity contribution in [1.82, 2.24) is 0 Å². The standard InChI is InChI=1S/C11H25NO.2H2O/c1-4-7-10(12)11(13,8-5-2)9-6-3;;/h10,13H,4-9,12H2,1-3H3;2*1H2. The van der Waals surface area contributed by atoms with Gasteiger partial charge in [0.2, 0.25) is 0 Å². The Morgan fingerprint density at radius 1 is 1.00 bits per heavy atom. The van der Waals surface area contributed by atoms with Crippen LogP contribution in [0.5, 0.6) is 0 Å². The van der Waals surface area contributed by atoms with E-state index in [1.54, 1.807) is 0 Å². The van der Waals surface area contributed by atoms with Gasteiger partial charge in [-0.2, -0.15) is 0 Å². The van der Waals surface area contributed by atoms with E-state index in [2.05, 4.69) is 20.8 Å². The molecule has 96 valence electrons. The molecule has 4 nitrogen and oxygen atoms in total. The van der Waals surface area contributed by atoms with E-state index < -0.39 is 5.60 Å². The molecular weight excluding hydrogens is 194 g/mol. The van der Waals surface area contributed by atoms with Crippen molar-refractivity contribution in [3.8, 4) is 0 Å². The number of hydrogen-bond donors (Lipinski definition) is 2. The maximum absolute atomic E-state index is 10.3. The Kier molecular flexibility index (Phi) is 14.0. The topological polar surface area (TPSA) is 109 Å². The SMILES string of the molecule is CCCC(N)C(O)(CCC)CCC.O.O. The average molecular weight is 223 g/mol. The van der Waals surface area contributed by atoms with E-state index in [9.17, 15) is 5.11 Å². The second-order valence-electron chi connectivity index (χ2n) is 4.00. The number of aliphatic hydroxyl groups is 1. The molecule has 4 heteroatoms. The molecule has 7 N–H and O–H groups in total. The van der Waals surface area contributed by atoms with Gasteiger partial charge in [-0.25, -0.2) is 0 Å². The predicted molar refractivity (Wildman–Crippen MR) is 64.9 cm³/mol. The van der Waals surface area contributed by atoms with E-state index >= 15 is 0 Å². The minimum atomic E-state index is -0.612. The molecule has 0 aromatic carbocycles. The summed E-state index contributed by atoms with van der Waals surface area (Å²) in [5.74, 6) is 0. The first kappa shape index (κ1) is 20.3. The first-order valence-electron chi connectivity index (χ1n) is 5.58. The lowest BCUT2D eigenvalue weighted by Crippen LogP contribution is -2.47. The van der Waals surface area contributed by atoms with Gasteiger partial charge in [0.1, 0.15) is 0 Å². The smallest absolute Gasteiger partial charge is 0.0797 e. The zero-order valence-corrected chi connectivity index (χ0v) is 10.3. The summed E-state index contributed by atoms with van der Waals surface area (Å²) in [6.45, 7) is 6.30. The highest BCUT2D eigenvalue weighted by Gasteiger charge is 2.31. The summed E-state index contributed by atoms with van der Waals surface area (Å²) in [5.41, 5.74) is 5.37. The van der Waals surface area contributed by atoms with E-state index in [0.29, 0.717) is 0 Å². The highest BCUT2D eigenvalue weighted by molar-refractivity contribution is 4.88. The van der Waals surface area contributed by atoms with Gasteiger partial charge in [0.25, 0.3) is 0 Å². The third-order valence-corrected chi connectivity index (χ3v) is 2.66. The van der Waals surface area contributed by atoms with Crippen LogP contribution in [0.1, 0.15) is 59.3 Å². The lowest BCUT2D eigenvalue weighted by molar-refractivity contribution is -0.00621. The normalized spacial score (nSPS) is 12.6. The molecule has 0 bridgehead atoms. The van der Waals surface area contributed by atoms with Crippen molar-refractivity contribution in [2.75, 3.05) is 0 Å². The molecule has 0 fully saturated rings. The van der Waals surface area contributed by atoms with Crippen LogP contribution in [0.3, 0.4) is 0 Å². The number of hydrogen-bond acceptors (Lipinski definition) is 2. The Bertz CT molecular complexity index is 125. The van der Waals surface area contributed by atoms with Crippen molar-refractivity contribution in [3.63, 3.8) is 0 Å². The van der Waals surface area contributed by atoms with E-state index in [-0.39, 0.29) is 17.0 Å². The van der Waals surface area contributed by atoms with Crippen LogP contribution in [-0.2, 0) is 0 Å². The maximum atomic E-state index is 10.3. The van der Waals surface area contributed by atoms with Crippen molar-refractivity contribution in [3.05, 3.63) is 0 Å². The molecule has 0 saturated carbocycles. The van der Waals surface area contributed by atoms with Crippen LogP contribution in [0.25, 0.3) is 0 Å². The molecule has 0 rings (SSSR count). The molecule has 0 aliphatic rings. The fourth-order valence-electron chi connectivity index (χ4n) is 1.94. The minimum absolute atomic E-state index is 0. The van der Waals surface area contributed by atoms with Gasteiger partial charge < -0.3 is 21.8 Å². The number of nitrogens with two attached hydrogens (primary N) is 1. The second-order valence-corrected chi connectivity index (χ2v) is 4.00. The summed E-state index contributed by atoms with van der Waals surface area (Å²) in [4.78, 5) is 0. The largest absolute Gasteiger partial charge is 0.412 e. The molecule has 0 spiro atoms. The van der Waals surface area contributed by atoms with Crippen molar-refractivity contribution >= 4 is 0 Å². The molecule has 1 unspecified atom stereocenters. The fraction of sp³-hybridized carbons (Fsp3) is 1.00. The summed E-state index contributed by atoms with van der Waals surface area (Å²) in [7, 11) is 0. The summed E-state index contributed by atoms with van der Waals surface area (Å²) < 4.78 is 0. The Hall–Kier alpha value is -0.160. The molecule has 0 aliphatic heterocycles. The van der Waals surface area contributed by atoms with E-state index in [4.69, 9.17) is 5.73 Å². The van der Waals surface area contributed by atoms with Gasteiger partial charge in [0.15, 0.2) is 0 Å². The Balaban J connectivity index is -0.000000720. The van der Waals surface area contributed by atoms with Gasteiger partial charge in [0, 0.05) is 6.04 Å². The van der Waals surface area contributed by atoms with Crippen molar-refractivity contribution in [1.29, 1.82) is 0 Å². The van der Waals surface area contributed by atoms with Crippen molar-refractivity contribution in [2.45, 2.75) is 70.9 Å². The van der Waals surface area contributed by atoms with Gasteiger partial charge >= 0.3 is 0 Å². The molecule has 0 aliphatic carbocycles. The van der Waals surface area contributed by atoms with Gasteiger partial charge in [0.05, 0.1) is 5.60 Å². The van der Waals surface area contributed by atoms with Crippen LogP contribution in [0.4, 0.5) is 0 Å². The lowest BCUT2D eigenvalue weighted by atomic mass is 9.83. The Morgan fingerprint density at radius 3 is 1.67 bits per heavy atom. The zero-order valence-electron chi connectivity index (χ0n) is 10.3. The summed E-state index contributed by atoms with van der Waals surface area (Å²) >= 11 is 0. The van der Waals surface area contributed by atoms with E-state index in [1.165, 1.54) is 0 Å². The monoisotopic (exact) mass is 223 g/mol. The molecule has 0 heterocycles. The third kappa shape index (κ3) is 6.84. The molecule has 0 radical (unpaired) electrons. The van der Waals surface area contributed by atoms with Crippen molar-refractivity contribution < 1.29 is 16.1 Å². The van der Waals surface area contributed by atoms with Crippen LogP contribution in [0, 0.1) is 0 Å². The number of rotatable bonds is 7. The van der Waals surface area contributed by atoms with Gasteiger partial charge in [-0.05, 0) is 19.3 Å². The molecule has 0 aromatic heterocycles. The maximum Gasteiger partial charge on any atom is 0.0797 e. The average Bonchev–Trinajstić information content (AvgIpc) is 2.05. The molecule has 0 aromatic rings. The van der Waals surface area contributed by atoms with Gasteiger partial charge in [-0.3, -0.25) is 0 Å². The molecule has 0 amide bonds. The minimum Gasteiger partial charge on any atom is -0.412 e. The highest BCUT2D eigenvalue weighted by atomic mass is 16.3. The van der Waals surface area contributed by atoms with E-state index in [1.807, 2.05) is 0 Å². The second kappa shape index (κ2) is 10.4. The predicted octanol–water partition coefficient (Wildman–Crippen LogP) is 0.796. The van der Waals surface area contributed by atoms with E-state index in [0.717, 1.165) is 38.5 Å². The quantitative estimate of drug-likeness (QED) is 0.665. The van der Waals surface area contributed by atoms with Crippen molar-refractivity contribution in [2.24, 2.45) is 5.73 Å². The molecule has 15 heavy (non-hydrogen) atoms. The summed E-state index contributed by atoms with van der Waals surface area (Å²) in [6, 6.07) is -0.0441. The Labute approximate surface area is 93.5 Å². The molecule has 1 atom stereocenters. The summed E-state index contributed by atoms with van der Waals surface area (Å²) in [6.07, 6.45) is 5.67. The van der Waals surface area contributed by atoms with Crippen LogP contribution in [0.15, 0.2) is 0 Å². The van der Waals surface area contributed by atoms with Gasteiger partial charge in [-0.15, -0.1) is 0 Å². The first-order chi connectivity index (χ1) is 6.10.